The van der Waals surface area contributed by atoms with Crippen LogP contribution in [0.25, 0.3) is 0 Å². The molecule has 0 aromatic heterocycles. The minimum Gasteiger partial charge on any atom is -0.870 e. The third kappa shape index (κ3) is 926. The minimum atomic E-state index is 0. The standard InChI is InChI=1S/NO.2H2O.Ru/c1-2;;;/h;2*1H2;/q-1;;;+3/p-2. The van der Waals surface area contributed by atoms with Gasteiger partial charge in [-0.2, -0.15) is 0 Å². The SMILES string of the molecule is O=[N][Ru+2].[OH-].[OH-]. The van der Waals surface area contributed by atoms with Crippen LogP contribution < -0.4 is 0 Å². The van der Waals surface area contributed by atoms with Crippen LogP contribution in [0, 0.1) is 4.91 Å². The third-order valence-corrected chi connectivity index (χ3v) is 0. The van der Waals surface area contributed by atoms with Crippen molar-refractivity contribution in [3.8, 4) is 0 Å². The van der Waals surface area contributed by atoms with Crippen LogP contribution in [0.3, 0.4) is 0 Å². The Balaban J connectivity index is -0.0000000200. The van der Waals surface area contributed by atoms with Crippen molar-refractivity contribution in [2.75, 3.05) is 0 Å². The first-order chi connectivity index (χ1) is 1.41. The molecule has 0 aliphatic heterocycles. The molecule has 0 atom stereocenters. The summed E-state index contributed by atoms with van der Waals surface area (Å²) in [6.45, 7) is 0. The second kappa shape index (κ2) is 31.3. The molecule has 0 spiro atoms. The van der Waals surface area contributed by atoms with Gasteiger partial charge < -0.3 is 11.0 Å². The molecule has 2 N–H and O–H groups in total. The Hall–Kier alpha value is 0.143. The van der Waals surface area contributed by atoms with Crippen LogP contribution >= 0.6 is 0 Å². The summed E-state index contributed by atoms with van der Waals surface area (Å²) in [5.74, 6) is 0. The van der Waals surface area contributed by atoms with Crippen molar-refractivity contribution in [1.29, 1.82) is 0 Å². The van der Waals surface area contributed by atoms with Gasteiger partial charge in [-0.1, -0.05) is 0 Å². The topological polar surface area (TPSA) is 89.4 Å². The average molecular weight is 165 g/mol. The molecule has 0 aromatic carbocycles. The van der Waals surface area contributed by atoms with E-state index in [4.69, 9.17) is 4.91 Å². The molecule has 0 aromatic rings. The van der Waals surface area contributed by atoms with Crippen molar-refractivity contribution in [2.45, 2.75) is 0 Å². The first-order valence-electron chi connectivity index (χ1n) is 0.341. The van der Waals surface area contributed by atoms with E-state index < -0.39 is 0 Å². The summed E-state index contributed by atoms with van der Waals surface area (Å²) in [5, 5.41) is 0. The van der Waals surface area contributed by atoms with E-state index in [2.05, 4.69) is 3.92 Å². The Bertz CT molecular complexity index is 14.4. The van der Waals surface area contributed by atoms with Crippen molar-refractivity contribution < 1.29 is 29.5 Å². The summed E-state index contributed by atoms with van der Waals surface area (Å²) in [6.07, 6.45) is 0. The Labute approximate surface area is 39.1 Å². The zero-order valence-corrected chi connectivity index (χ0v) is 3.84. The Morgan fingerprint density at radius 1 is 1.40 bits per heavy atom. The third-order valence-electron chi connectivity index (χ3n) is 0. The summed E-state index contributed by atoms with van der Waals surface area (Å²) in [7, 11) is 0. The van der Waals surface area contributed by atoms with Crippen molar-refractivity contribution in [2.24, 2.45) is 3.92 Å². The second-order valence-corrected chi connectivity index (χ2v) is 0.382. The van der Waals surface area contributed by atoms with Gasteiger partial charge in [-0.3, -0.25) is 0 Å². The smallest absolute Gasteiger partial charge is 0.870 e. The molecule has 0 rings (SSSR count). The number of nitrogens with zero attached hydrogens (tertiary/aromatic N) is 1. The summed E-state index contributed by atoms with van der Waals surface area (Å²) in [4.78, 5) is 8.52. The molecule has 0 aliphatic rings. The molecule has 4 nitrogen and oxygen atoms in total. The molecular formula is H2NO3Ru. The van der Waals surface area contributed by atoms with Gasteiger partial charge in [0.1, 0.15) is 0 Å². The van der Waals surface area contributed by atoms with Gasteiger partial charge in [-0.15, -0.1) is 0 Å². The predicted octanol–water partition coefficient (Wildman–Crippen LogP) is -0.139. The van der Waals surface area contributed by atoms with E-state index in [0.29, 0.717) is 0 Å². The minimum absolute atomic E-state index is 0. The molecule has 5 heteroatoms. The van der Waals surface area contributed by atoms with Crippen molar-refractivity contribution in [1.82, 2.24) is 0 Å². The fraction of sp³-hybridized carbons (Fsp3) is 0. The van der Waals surface area contributed by atoms with Crippen molar-refractivity contribution in [3.63, 3.8) is 0 Å². The van der Waals surface area contributed by atoms with Gasteiger partial charge in [0.25, 0.3) is 0 Å². The van der Waals surface area contributed by atoms with Crippen LogP contribution in [-0.4, -0.2) is 11.0 Å². The molecule has 5 heavy (non-hydrogen) atoms. The summed E-state index contributed by atoms with van der Waals surface area (Å²) in [5.41, 5.74) is 0. The first kappa shape index (κ1) is 19.2. The fourth-order valence-electron chi connectivity index (χ4n) is 0. The fourth-order valence-corrected chi connectivity index (χ4v) is 0. The maximum atomic E-state index is 8.52. The first-order valence-corrected chi connectivity index (χ1v) is 1.12. The summed E-state index contributed by atoms with van der Waals surface area (Å²) < 4.78 is 2.18. The molecule has 0 saturated carbocycles. The van der Waals surface area contributed by atoms with E-state index in [1.165, 1.54) is 0 Å². The number of hydrogen-bond donors (Lipinski definition) is 0. The van der Waals surface area contributed by atoms with Crippen LogP contribution in [-0.2, 0) is 18.5 Å². The van der Waals surface area contributed by atoms with E-state index in [9.17, 15) is 0 Å². The van der Waals surface area contributed by atoms with Crippen molar-refractivity contribution >= 4 is 0 Å². The summed E-state index contributed by atoms with van der Waals surface area (Å²) >= 11 is 1.58. The molecule has 0 unspecified atom stereocenters. The van der Waals surface area contributed by atoms with Gasteiger partial charge in [0.15, 0.2) is 0 Å². The Kier molecular flexibility index (Phi) is 120. The van der Waals surface area contributed by atoms with Crippen LogP contribution in [0.2, 0.25) is 0 Å². The molecular weight excluding hydrogens is 163 g/mol. The zero-order valence-electron chi connectivity index (χ0n) is 2.10. The van der Waals surface area contributed by atoms with E-state index in [1.54, 1.807) is 18.5 Å². The molecule has 0 amide bonds. The number of nitroso groups, excluding NO2 is 1. The van der Waals surface area contributed by atoms with Crippen LogP contribution in [0.4, 0.5) is 0 Å². The second-order valence-electron chi connectivity index (χ2n) is 0.0645. The van der Waals surface area contributed by atoms with Crippen LogP contribution in [0.1, 0.15) is 0 Å². The quantitative estimate of drug-likeness (QED) is 0.369. The molecule has 0 aliphatic carbocycles. The molecule has 33 valence electrons. The van der Waals surface area contributed by atoms with Gasteiger partial charge in [0, 0.05) is 0 Å². The molecule has 0 bridgehead atoms. The molecule has 0 radical (unpaired) electrons. The maximum Gasteiger partial charge on any atom is -0.870 e. The average Bonchev–Trinajstić information content (AvgIpc) is 0.918. The largest absolute Gasteiger partial charge is 0.870 e. The van der Waals surface area contributed by atoms with Gasteiger partial charge >= 0.3 is 27.4 Å². The monoisotopic (exact) mass is 166 g/mol. The van der Waals surface area contributed by atoms with Gasteiger partial charge in [-0.05, 0) is 0 Å². The summed E-state index contributed by atoms with van der Waals surface area (Å²) in [6, 6.07) is 0. The predicted molar refractivity (Wildman–Crippen MR) is 9.67 cm³/mol. The van der Waals surface area contributed by atoms with Gasteiger partial charge in [-0.25, -0.2) is 0 Å². The zero-order chi connectivity index (χ0) is 2.71. The van der Waals surface area contributed by atoms with E-state index in [0.717, 1.165) is 0 Å². The molecule has 0 fully saturated rings. The van der Waals surface area contributed by atoms with Gasteiger partial charge in [0.05, 0.1) is 0 Å². The number of rotatable bonds is 0. The van der Waals surface area contributed by atoms with Crippen LogP contribution in [0.15, 0.2) is 3.92 Å². The Morgan fingerprint density at radius 2 is 1.40 bits per heavy atom. The molecule has 0 saturated heterocycles. The van der Waals surface area contributed by atoms with E-state index >= 15 is 0 Å². The van der Waals surface area contributed by atoms with Gasteiger partial charge in [0.2, 0.25) is 0 Å². The number of hydrogen-bond acceptors (Lipinski definition) is 4. The van der Waals surface area contributed by atoms with Crippen LogP contribution in [0.5, 0.6) is 0 Å². The Morgan fingerprint density at radius 3 is 1.40 bits per heavy atom. The normalized spacial score (nSPS) is 2.40. The van der Waals surface area contributed by atoms with E-state index in [1.807, 2.05) is 0 Å². The van der Waals surface area contributed by atoms with Crippen molar-refractivity contribution in [3.05, 3.63) is 4.91 Å². The van der Waals surface area contributed by atoms with E-state index in [-0.39, 0.29) is 11.0 Å². The molecule has 0 heterocycles. The maximum absolute atomic E-state index is 8.52.